The van der Waals surface area contributed by atoms with E-state index in [0.717, 1.165) is 29.5 Å². The number of anilines is 1. The summed E-state index contributed by atoms with van der Waals surface area (Å²) >= 11 is 3.50. The highest BCUT2D eigenvalue weighted by molar-refractivity contribution is 9.10. The molecular weight excluding hydrogens is 406 g/mol. The number of hydrogen-bond acceptors (Lipinski definition) is 3. The van der Waals surface area contributed by atoms with E-state index in [-0.39, 0.29) is 5.91 Å². The normalized spacial score (nSPS) is 10.7. The third-order valence-electron chi connectivity index (χ3n) is 4.04. The molecular formula is C22H28BrNO3. The Morgan fingerprint density at radius 2 is 1.81 bits per heavy atom. The lowest BCUT2D eigenvalue weighted by Crippen LogP contribution is -2.13. The molecule has 0 atom stereocenters. The average Bonchev–Trinajstić information content (AvgIpc) is 2.64. The zero-order valence-electron chi connectivity index (χ0n) is 16.3. The van der Waals surface area contributed by atoms with Gasteiger partial charge in [-0.05, 0) is 65.0 Å². The van der Waals surface area contributed by atoms with Crippen LogP contribution in [0.4, 0.5) is 5.69 Å². The van der Waals surface area contributed by atoms with Crippen LogP contribution in [-0.4, -0.2) is 19.1 Å². The summed E-state index contributed by atoms with van der Waals surface area (Å²) in [5, 5.41) is 2.93. The number of rotatable bonds is 10. The highest BCUT2D eigenvalue weighted by atomic mass is 79.9. The SMILES string of the molecule is CCCCOc1ccccc1NC(=O)c1ccc(OCCC(C)C)c(Br)c1. The molecule has 2 aromatic rings. The van der Waals surface area contributed by atoms with Crippen molar-refractivity contribution in [3.05, 3.63) is 52.5 Å². The van der Waals surface area contributed by atoms with Crippen LogP contribution >= 0.6 is 15.9 Å². The summed E-state index contributed by atoms with van der Waals surface area (Å²) < 4.78 is 12.3. The van der Waals surface area contributed by atoms with Crippen LogP contribution in [0, 0.1) is 5.92 Å². The van der Waals surface area contributed by atoms with Gasteiger partial charge >= 0.3 is 0 Å². The van der Waals surface area contributed by atoms with Crippen molar-refractivity contribution in [3.8, 4) is 11.5 Å². The molecule has 1 amide bonds. The first-order valence-electron chi connectivity index (χ1n) is 9.46. The van der Waals surface area contributed by atoms with E-state index in [1.54, 1.807) is 12.1 Å². The number of nitrogens with one attached hydrogen (secondary N) is 1. The smallest absolute Gasteiger partial charge is 0.255 e. The van der Waals surface area contributed by atoms with E-state index in [1.807, 2.05) is 30.3 Å². The number of carbonyl (C=O) groups excluding carboxylic acids is 1. The van der Waals surface area contributed by atoms with E-state index in [9.17, 15) is 4.79 Å². The van der Waals surface area contributed by atoms with Gasteiger partial charge in [-0.15, -0.1) is 0 Å². The first kappa shape index (κ1) is 21.3. The fourth-order valence-corrected chi connectivity index (χ4v) is 2.87. The monoisotopic (exact) mass is 433 g/mol. The molecule has 0 aliphatic rings. The van der Waals surface area contributed by atoms with Gasteiger partial charge in [-0.25, -0.2) is 0 Å². The molecule has 0 fully saturated rings. The van der Waals surface area contributed by atoms with Crippen molar-refractivity contribution in [2.75, 3.05) is 18.5 Å². The molecule has 0 spiro atoms. The Bertz CT molecular complexity index is 746. The summed E-state index contributed by atoms with van der Waals surface area (Å²) in [6, 6.07) is 12.9. The van der Waals surface area contributed by atoms with Crippen molar-refractivity contribution in [2.45, 2.75) is 40.0 Å². The Balaban J connectivity index is 2.03. The van der Waals surface area contributed by atoms with Crippen molar-refractivity contribution >= 4 is 27.5 Å². The van der Waals surface area contributed by atoms with Gasteiger partial charge in [-0.3, -0.25) is 4.79 Å². The fourth-order valence-electron chi connectivity index (χ4n) is 2.38. The highest BCUT2D eigenvalue weighted by Crippen LogP contribution is 2.28. The number of carbonyl (C=O) groups is 1. The Morgan fingerprint density at radius 1 is 1.07 bits per heavy atom. The van der Waals surface area contributed by atoms with Crippen molar-refractivity contribution in [1.29, 1.82) is 0 Å². The van der Waals surface area contributed by atoms with Crippen LogP contribution in [0.5, 0.6) is 11.5 Å². The van der Waals surface area contributed by atoms with Gasteiger partial charge in [0.2, 0.25) is 0 Å². The minimum absolute atomic E-state index is 0.184. The molecule has 0 aromatic heterocycles. The molecule has 0 unspecified atom stereocenters. The molecule has 0 aliphatic heterocycles. The van der Waals surface area contributed by atoms with Gasteiger partial charge in [0.25, 0.3) is 5.91 Å². The van der Waals surface area contributed by atoms with E-state index < -0.39 is 0 Å². The van der Waals surface area contributed by atoms with Gasteiger partial charge in [0.1, 0.15) is 11.5 Å². The van der Waals surface area contributed by atoms with Crippen LogP contribution in [0.15, 0.2) is 46.9 Å². The van der Waals surface area contributed by atoms with Gasteiger partial charge < -0.3 is 14.8 Å². The van der Waals surface area contributed by atoms with E-state index in [1.165, 1.54) is 0 Å². The van der Waals surface area contributed by atoms with Crippen molar-refractivity contribution in [3.63, 3.8) is 0 Å². The van der Waals surface area contributed by atoms with Crippen LogP contribution in [0.2, 0.25) is 0 Å². The third-order valence-corrected chi connectivity index (χ3v) is 4.66. The molecule has 0 aliphatic carbocycles. The number of halogens is 1. The van der Waals surface area contributed by atoms with Crippen LogP contribution in [0.25, 0.3) is 0 Å². The molecule has 0 radical (unpaired) electrons. The van der Waals surface area contributed by atoms with E-state index in [0.29, 0.717) is 36.1 Å². The first-order chi connectivity index (χ1) is 13.0. The average molecular weight is 434 g/mol. The number of hydrogen-bond donors (Lipinski definition) is 1. The standard InChI is InChI=1S/C22H28BrNO3/c1-4-5-13-26-21-9-7-6-8-19(21)24-22(25)17-10-11-20(18(23)15-17)27-14-12-16(2)3/h6-11,15-16H,4-5,12-14H2,1-3H3,(H,24,25). The molecule has 0 heterocycles. The molecule has 4 nitrogen and oxygen atoms in total. The Kier molecular flexibility index (Phi) is 8.65. The predicted molar refractivity (Wildman–Crippen MR) is 114 cm³/mol. The summed E-state index contributed by atoms with van der Waals surface area (Å²) in [5.74, 6) is 1.84. The lowest BCUT2D eigenvalue weighted by Gasteiger charge is -2.13. The van der Waals surface area contributed by atoms with E-state index >= 15 is 0 Å². The minimum atomic E-state index is -0.184. The second-order valence-corrected chi connectivity index (χ2v) is 7.68. The molecule has 0 saturated heterocycles. The Labute approximate surface area is 170 Å². The predicted octanol–water partition coefficient (Wildman–Crippen LogP) is 6.31. The topological polar surface area (TPSA) is 47.6 Å². The van der Waals surface area contributed by atoms with Crippen molar-refractivity contribution in [1.82, 2.24) is 0 Å². The number of ether oxygens (including phenoxy) is 2. The van der Waals surface area contributed by atoms with Crippen LogP contribution in [-0.2, 0) is 0 Å². The zero-order chi connectivity index (χ0) is 19.6. The molecule has 2 rings (SSSR count). The van der Waals surface area contributed by atoms with Gasteiger partial charge in [-0.1, -0.05) is 39.3 Å². The minimum Gasteiger partial charge on any atom is -0.492 e. The van der Waals surface area contributed by atoms with Crippen molar-refractivity contribution in [2.24, 2.45) is 5.92 Å². The van der Waals surface area contributed by atoms with Gasteiger partial charge in [-0.2, -0.15) is 0 Å². The number of amides is 1. The number of benzene rings is 2. The maximum atomic E-state index is 12.6. The largest absolute Gasteiger partial charge is 0.492 e. The maximum absolute atomic E-state index is 12.6. The van der Waals surface area contributed by atoms with Crippen LogP contribution < -0.4 is 14.8 Å². The Hall–Kier alpha value is -2.01. The maximum Gasteiger partial charge on any atom is 0.255 e. The number of para-hydroxylation sites is 2. The molecule has 2 aromatic carbocycles. The van der Waals surface area contributed by atoms with E-state index in [2.05, 4.69) is 42.0 Å². The molecule has 146 valence electrons. The quantitative estimate of drug-likeness (QED) is 0.446. The third kappa shape index (κ3) is 6.90. The first-order valence-corrected chi connectivity index (χ1v) is 10.3. The summed E-state index contributed by atoms with van der Waals surface area (Å²) in [7, 11) is 0. The lowest BCUT2D eigenvalue weighted by molar-refractivity contribution is 0.102. The molecule has 0 bridgehead atoms. The summed E-state index contributed by atoms with van der Waals surface area (Å²) in [4.78, 5) is 12.6. The van der Waals surface area contributed by atoms with Gasteiger partial charge in [0.05, 0.1) is 23.4 Å². The van der Waals surface area contributed by atoms with Crippen LogP contribution in [0.1, 0.15) is 50.4 Å². The molecule has 27 heavy (non-hydrogen) atoms. The molecule has 0 saturated carbocycles. The number of unbranched alkanes of at least 4 members (excludes halogenated alkanes) is 1. The summed E-state index contributed by atoms with van der Waals surface area (Å²) in [6.07, 6.45) is 3.03. The zero-order valence-corrected chi connectivity index (χ0v) is 17.8. The fraction of sp³-hybridized carbons (Fsp3) is 0.409. The Morgan fingerprint density at radius 3 is 2.52 bits per heavy atom. The summed E-state index contributed by atoms with van der Waals surface area (Å²) in [6.45, 7) is 7.73. The van der Waals surface area contributed by atoms with Gasteiger partial charge in [0.15, 0.2) is 0 Å². The second-order valence-electron chi connectivity index (χ2n) is 6.83. The molecule has 1 N–H and O–H groups in total. The van der Waals surface area contributed by atoms with Crippen LogP contribution in [0.3, 0.4) is 0 Å². The highest BCUT2D eigenvalue weighted by Gasteiger charge is 2.12. The van der Waals surface area contributed by atoms with Gasteiger partial charge in [0, 0.05) is 5.56 Å². The second kappa shape index (κ2) is 11.0. The van der Waals surface area contributed by atoms with Crippen molar-refractivity contribution < 1.29 is 14.3 Å². The lowest BCUT2D eigenvalue weighted by atomic mass is 10.1. The summed E-state index contributed by atoms with van der Waals surface area (Å²) in [5.41, 5.74) is 1.23. The molecule has 5 heteroatoms. The van der Waals surface area contributed by atoms with E-state index in [4.69, 9.17) is 9.47 Å².